The Bertz CT molecular complexity index is 650. The van der Waals surface area contributed by atoms with Crippen molar-refractivity contribution in [3.8, 4) is 5.75 Å². The number of benzene rings is 1. The smallest absolute Gasteiger partial charge is 0.267 e. The highest BCUT2D eigenvalue weighted by Gasteiger charge is 2.18. The first-order valence-corrected chi connectivity index (χ1v) is 14.1. The second kappa shape index (κ2) is 16.5. The lowest BCUT2D eigenvalue weighted by Gasteiger charge is -2.17. The maximum Gasteiger partial charge on any atom is 0.267 e. The van der Waals surface area contributed by atoms with Crippen LogP contribution in [0.25, 0.3) is 0 Å². The first kappa shape index (κ1) is 28.0. The van der Waals surface area contributed by atoms with Gasteiger partial charge in [0.2, 0.25) is 0 Å². The molecule has 1 atom stereocenters. The summed E-state index contributed by atoms with van der Waals surface area (Å²) in [6.45, 7) is 6.31. The summed E-state index contributed by atoms with van der Waals surface area (Å²) in [6, 6.07) is 6.43. The molecule has 0 aliphatic rings. The van der Waals surface area contributed by atoms with Gasteiger partial charge in [0, 0.05) is 6.42 Å². The predicted molar refractivity (Wildman–Crippen MR) is 132 cm³/mol. The zero-order chi connectivity index (χ0) is 23.0. The van der Waals surface area contributed by atoms with Crippen LogP contribution in [-0.2, 0) is 23.0 Å². The second-order valence-corrected chi connectivity index (χ2v) is 10.7. The predicted octanol–water partition coefficient (Wildman–Crippen LogP) is 7.54. The van der Waals surface area contributed by atoms with E-state index in [2.05, 4.69) is 32.0 Å². The van der Waals surface area contributed by atoms with Crippen molar-refractivity contribution in [3.63, 3.8) is 0 Å². The van der Waals surface area contributed by atoms with Gasteiger partial charge >= 0.3 is 0 Å². The van der Waals surface area contributed by atoms with E-state index in [1.165, 1.54) is 82.3 Å². The van der Waals surface area contributed by atoms with E-state index in [1.54, 1.807) is 0 Å². The maximum atomic E-state index is 11.3. The van der Waals surface area contributed by atoms with Gasteiger partial charge in [0.25, 0.3) is 10.1 Å². The fourth-order valence-corrected chi connectivity index (χ4v) is 4.28. The number of ether oxygens (including phenoxy) is 1. The number of aryl methyl sites for hydroxylation is 2. The van der Waals surface area contributed by atoms with Crippen molar-refractivity contribution in [2.75, 3.05) is 6.61 Å². The van der Waals surface area contributed by atoms with Crippen molar-refractivity contribution < 1.29 is 17.7 Å². The highest BCUT2D eigenvalue weighted by Crippen LogP contribution is 2.28. The van der Waals surface area contributed by atoms with Crippen LogP contribution in [0.5, 0.6) is 5.75 Å². The van der Waals surface area contributed by atoms with Crippen LogP contribution in [0.3, 0.4) is 0 Å². The first-order chi connectivity index (χ1) is 14.9. The standard InChI is InChI=1S/C26H46O4S/c1-4-6-8-10-12-14-17-24-19-16-20-25(18-15-13-11-9-7-5-2)26(24)30-22-21-23(3)31(27,28)29/h16,19-20,23H,4-15,17-18,21-22H2,1-3H3,(H,27,28,29). The first-order valence-electron chi connectivity index (χ1n) is 12.6. The fraction of sp³-hybridized carbons (Fsp3) is 0.769. The van der Waals surface area contributed by atoms with E-state index in [0.29, 0.717) is 13.0 Å². The van der Waals surface area contributed by atoms with Crippen molar-refractivity contribution in [3.05, 3.63) is 29.3 Å². The summed E-state index contributed by atoms with van der Waals surface area (Å²) in [4.78, 5) is 0. The Morgan fingerprint density at radius 1 is 0.806 bits per heavy atom. The van der Waals surface area contributed by atoms with E-state index in [-0.39, 0.29) is 0 Å². The van der Waals surface area contributed by atoms with E-state index in [4.69, 9.17) is 4.74 Å². The van der Waals surface area contributed by atoms with E-state index < -0.39 is 15.4 Å². The minimum absolute atomic E-state index is 0.292. The quantitative estimate of drug-likeness (QED) is 0.173. The monoisotopic (exact) mass is 454 g/mol. The molecular weight excluding hydrogens is 408 g/mol. The fourth-order valence-electron chi connectivity index (χ4n) is 3.88. The summed E-state index contributed by atoms with van der Waals surface area (Å²) in [6.07, 6.45) is 17.4. The van der Waals surface area contributed by atoms with Gasteiger partial charge in [-0.15, -0.1) is 0 Å². The molecule has 180 valence electrons. The molecule has 5 heteroatoms. The van der Waals surface area contributed by atoms with Crippen molar-refractivity contribution in [1.82, 2.24) is 0 Å². The largest absolute Gasteiger partial charge is 0.493 e. The van der Waals surface area contributed by atoms with E-state index >= 15 is 0 Å². The summed E-state index contributed by atoms with van der Waals surface area (Å²) >= 11 is 0. The normalized spacial score (nSPS) is 12.8. The Balaban J connectivity index is 2.70. The van der Waals surface area contributed by atoms with E-state index in [9.17, 15) is 13.0 Å². The summed E-state index contributed by atoms with van der Waals surface area (Å²) in [5.74, 6) is 0.951. The Hall–Kier alpha value is -1.07. The zero-order valence-electron chi connectivity index (χ0n) is 20.2. The van der Waals surface area contributed by atoms with Crippen LogP contribution < -0.4 is 4.74 Å². The molecule has 0 amide bonds. The minimum Gasteiger partial charge on any atom is -0.493 e. The zero-order valence-corrected chi connectivity index (χ0v) is 21.0. The van der Waals surface area contributed by atoms with Gasteiger partial charge in [-0.2, -0.15) is 8.42 Å². The Labute approximate surface area is 191 Å². The van der Waals surface area contributed by atoms with Crippen molar-refractivity contribution >= 4 is 10.1 Å². The molecule has 1 aromatic carbocycles. The SMILES string of the molecule is CCCCCCCCc1cccc(CCCCCCCC)c1OCCC(C)S(=O)(=O)O. The highest BCUT2D eigenvalue weighted by atomic mass is 32.2. The molecule has 0 bridgehead atoms. The summed E-state index contributed by atoms with van der Waals surface area (Å²) in [7, 11) is -4.01. The van der Waals surface area contributed by atoms with Crippen molar-refractivity contribution in [2.24, 2.45) is 0 Å². The molecule has 0 heterocycles. The van der Waals surface area contributed by atoms with Crippen molar-refractivity contribution in [1.29, 1.82) is 0 Å². The number of unbranched alkanes of at least 4 members (excludes halogenated alkanes) is 10. The van der Waals surface area contributed by atoms with Gasteiger partial charge in [-0.1, -0.05) is 96.3 Å². The molecule has 0 spiro atoms. The Morgan fingerprint density at radius 2 is 1.26 bits per heavy atom. The molecule has 1 aromatic rings. The minimum atomic E-state index is -4.01. The molecule has 0 aromatic heterocycles. The van der Waals surface area contributed by atoms with Gasteiger partial charge in [0.1, 0.15) is 5.75 Å². The molecule has 0 saturated heterocycles. The molecule has 0 radical (unpaired) electrons. The molecule has 0 saturated carbocycles. The van der Waals surface area contributed by atoms with E-state index in [1.807, 2.05) is 0 Å². The number of rotatable bonds is 19. The van der Waals surface area contributed by atoms with Gasteiger partial charge < -0.3 is 4.74 Å². The topological polar surface area (TPSA) is 63.6 Å². The highest BCUT2D eigenvalue weighted by molar-refractivity contribution is 7.86. The summed E-state index contributed by atoms with van der Waals surface area (Å²) in [5, 5.41) is -0.805. The lowest BCUT2D eigenvalue weighted by Crippen LogP contribution is -2.19. The van der Waals surface area contributed by atoms with Crippen molar-refractivity contribution in [2.45, 2.75) is 122 Å². The third-order valence-corrected chi connectivity index (χ3v) is 7.31. The Morgan fingerprint density at radius 3 is 1.71 bits per heavy atom. The molecule has 4 nitrogen and oxygen atoms in total. The Kier molecular flexibility index (Phi) is 14.9. The molecule has 1 rings (SSSR count). The van der Waals surface area contributed by atoms with Gasteiger partial charge in [-0.3, -0.25) is 4.55 Å². The number of hydrogen-bond acceptors (Lipinski definition) is 3. The van der Waals surface area contributed by atoms with Crippen LogP contribution in [0.4, 0.5) is 0 Å². The average molecular weight is 455 g/mol. The second-order valence-electron chi connectivity index (χ2n) is 8.90. The summed E-state index contributed by atoms with van der Waals surface area (Å²) in [5.41, 5.74) is 2.47. The molecule has 1 N–H and O–H groups in total. The molecule has 1 unspecified atom stereocenters. The van der Waals surface area contributed by atoms with Crippen LogP contribution in [-0.4, -0.2) is 24.8 Å². The van der Waals surface area contributed by atoms with Crippen LogP contribution in [0.1, 0.15) is 115 Å². The summed E-state index contributed by atoms with van der Waals surface area (Å²) < 4.78 is 38.0. The maximum absolute atomic E-state index is 11.3. The molecule has 0 fully saturated rings. The molecule has 0 aliphatic carbocycles. The van der Waals surface area contributed by atoms with Gasteiger partial charge in [-0.25, -0.2) is 0 Å². The van der Waals surface area contributed by atoms with Crippen LogP contribution in [0.2, 0.25) is 0 Å². The lowest BCUT2D eigenvalue weighted by molar-refractivity contribution is 0.300. The molecule has 31 heavy (non-hydrogen) atoms. The van der Waals surface area contributed by atoms with Crippen LogP contribution in [0.15, 0.2) is 18.2 Å². The number of hydrogen-bond donors (Lipinski definition) is 1. The van der Waals surface area contributed by atoms with Crippen LogP contribution >= 0.6 is 0 Å². The molecule has 0 aliphatic heterocycles. The number of para-hydroxylation sites is 1. The van der Waals surface area contributed by atoms with Gasteiger partial charge in [-0.05, 0) is 43.7 Å². The molecular formula is C26H46O4S. The van der Waals surface area contributed by atoms with Gasteiger partial charge in [0.15, 0.2) is 0 Å². The lowest BCUT2D eigenvalue weighted by atomic mass is 9.98. The van der Waals surface area contributed by atoms with Gasteiger partial charge in [0.05, 0.1) is 11.9 Å². The van der Waals surface area contributed by atoms with E-state index in [0.717, 1.165) is 31.4 Å². The average Bonchev–Trinajstić information content (AvgIpc) is 2.73. The third kappa shape index (κ3) is 12.5. The third-order valence-electron chi connectivity index (χ3n) is 6.06. The van der Waals surface area contributed by atoms with Crippen LogP contribution in [0, 0.1) is 0 Å².